The lowest BCUT2D eigenvalue weighted by Crippen LogP contribution is -2.26. The molecule has 5 nitrogen and oxygen atoms in total. The number of hydrogen-bond donors (Lipinski definition) is 1. The molecule has 2 aromatic rings. The molecule has 1 aromatic heterocycles. The van der Waals surface area contributed by atoms with Crippen molar-refractivity contribution in [3.8, 4) is 5.75 Å². The van der Waals surface area contributed by atoms with E-state index in [4.69, 9.17) is 9.15 Å². The number of Topliss-reactive ketones (excluding diaryl/α,β-unsaturated/α-hetero) is 1. The van der Waals surface area contributed by atoms with Crippen LogP contribution in [-0.4, -0.2) is 18.8 Å². The van der Waals surface area contributed by atoms with Gasteiger partial charge in [-0.2, -0.15) is 0 Å². The van der Waals surface area contributed by atoms with Gasteiger partial charge >= 0.3 is 0 Å². The van der Waals surface area contributed by atoms with E-state index >= 15 is 0 Å². The lowest BCUT2D eigenvalue weighted by molar-refractivity contribution is 0.0888. The first-order valence-electron chi connectivity index (χ1n) is 8.37. The summed E-state index contributed by atoms with van der Waals surface area (Å²) in [5.74, 6) is 1.40. The smallest absolute Gasteiger partial charge is 0.287 e. The predicted molar refractivity (Wildman–Crippen MR) is 94.0 cm³/mol. The maximum Gasteiger partial charge on any atom is 0.287 e. The number of furan rings is 1. The van der Waals surface area contributed by atoms with Crippen molar-refractivity contribution >= 4 is 11.7 Å². The first-order chi connectivity index (χ1) is 11.8. The number of nitrogens with one attached hydrogen (secondary N) is 1. The van der Waals surface area contributed by atoms with Crippen LogP contribution in [0.15, 0.2) is 28.7 Å². The van der Waals surface area contributed by atoms with Crippen molar-refractivity contribution in [3.05, 3.63) is 52.5 Å². The number of ether oxygens (including phenoxy) is 1. The minimum absolute atomic E-state index is 0.0571. The second-order valence-corrected chi connectivity index (χ2v) is 7.33. The highest BCUT2D eigenvalue weighted by Gasteiger charge is 2.36. The van der Waals surface area contributed by atoms with Crippen LogP contribution >= 0.6 is 0 Å². The minimum atomic E-state index is -0.298. The molecule has 0 saturated heterocycles. The molecule has 0 saturated carbocycles. The normalized spacial score (nSPS) is 15.6. The average molecular weight is 341 g/mol. The summed E-state index contributed by atoms with van der Waals surface area (Å²) in [5.41, 5.74) is 2.06. The fourth-order valence-corrected chi connectivity index (χ4v) is 3.31. The first-order valence-corrected chi connectivity index (χ1v) is 8.37. The van der Waals surface area contributed by atoms with Crippen LogP contribution in [0.4, 0.5) is 0 Å². The lowest BCUT2D eigenvalue weighted by Gasteiger charge is -2.27. The van der Waals surface area contributed by atoms with Crippen LogP contribution in [0.1, 0.15) is 58.1 Å². The average Bonchev–Trinajstić information content (AvgIpc) is 2.88. The lowest BCUT2D eigenvalue weighted by atomic mass is 9.76. The van der Waals surface area contributed by atoms with Crippen LogP contribution in [0, 0.1) is 12.3 Å². The molecular formula is C20H23NO4. The number of carbonyl (C=O) groups is 2. The number of rotatable bonds is 4. The summed E-state index contributed by atoms with van der Waals surface area (Å²) in [7, 11) is 1.61. The number of hydrogen-bond acceptors (Lipinski definition) is 4. The summed E-state index contributed by atoms with van der Waals surface area (Å²) in [5, 5.41) is 2.85. The number of benzene rings is 1. The van der Waals surface area contributed by atoms with Crippen molar-refractivity contribution in [1.29, 1.82) is 0 Å². The van der Waals surface area contributed by atoms with E-state index < -0.39 is 0 Å². The van der Waals surface area contributed by atoms with Crippen LogP contribution in [0.5, 0.6) is 5.75 Å². The second kappa shape index (κ2) is 6.39. The second-order valence-electron chi connectivity index (χ2n) is 7.33. The van der Waals surface area contributed by atoms with E-state index in [0.29, 0.717) is 36.3 Å². The number of methoxy groups -OCH3 is 1. The number of amides is 1. The maximum atomic E-state index is 12.5. The van der Waals surface area contributed by atoms with E-state index in [0.717, 1.165) is 11.3 Å². The summed E-state index contributed by atoms with van der Waals surface area (Å²) in [6, 6.07) is 7.48. The molecule has 1 N–H and O–H groups in total. The molecular weight excluding hydrogens is 318 g/mol. The predicted octanol–water partition coefficient (Wildman–Crippen LogP) is 3.68. The van der Waals surface area contributed by atoms with Crippen molar-refractivity contribution in [3.63, 3.8) is 0 Å². The summed E-state index contributed by atoms with van der Waals surface area (Å²) < 4.78 is 10.9. The van der Waals surface area contributed by atoms with Gasteiger partial charge in [-0.3, -0.25) is 9.59 Å². The fourth-order valence-electron chi connectivity index (χ4n) is 3.31. The number of fused-ring (bicyclic) bond motifs is 1. The quantitative estimate of drug-likeness (QED) is 0.921. The van der Waals surface area contributed by atoms with Crippen LogP contribution in [0.25, 0.3) is 0 Å². The first kappa shape index (κ1) is 17.3. The van der Waals surface area contributed by atoms with Gasteiger partial charge in [-0.25, -0.2) is 0 Å². The van der Waals surface area contributed by atoms with E-state index in [2.05, 4.69) is 5.32 Å². The zero-order chi connectivity index (χ0) is 18.2. The molecule has 0 aliphatic heterocycles. The fraction of sp³-hybridized carbons (Fsp3) is 0.400. The molecule has 0 unspecified atom stereocenters. The van der Waals surface area contributed by atoms with Gasteiger partial charge < -0.3 is 14.5 Å². The molecule has 25 heavy (non-hydrogen) atoms. The molecule has 1 aromatic carbocycles. The maximum absolute atomic E-state index is 12.5. The van der Waals surface area contributed by atoms with E-state index in [9.17, 15) is 9.59 Å². The zero-order valence-electron chi connectivity index (χ0n) is 15.1. The Morgan fingerprint density at radius 2 is 1.92 bits per heavy atom. The van der Waals surface area contributed by atoms with Gasteiger partial charge in [0.1, 0.15) is 11.5 Å². The van der Waals surface area contributed by atoms with Crippen LogP contribution in [0.2, 0.25) is 0 Å². The standard InChI is InChI=1S/C20H23NO4/c1-12-17-15(22)9-20(2,3)10-16(17)25-18(12)19(23)21-11-13-5-7-14(24-4)8-6-13/h5-8H,9-11H2,1-4H3,(H,21,23). The largest absolute Gasteiger partial charge is 0.497 e. The molecule has 5 heteroatoms. The van der Waals surface area contributed by atoms with Gasteiger partial charge in [0.15, 0.2) is 11.5 Å². The molecule has 0 bridgehead atoms. The highest BCUT2D eigenvalue weighted by atomic mass is 16.5. The van der Waals surface area contributed by atoms with Gasteiger partial charge in [0, 0.05) is 24.9 Å². The molecule has 132 valence electrons. The molecule has 0 spiro atoms. The van der Waals surface area contributed by atoms with Gasteiger partial charge in [0.2, 0.25) is 0 Å². The van der Waals surface area contributed by atoms with Crippen molar-refractivity contribution in [2.75, 3.05) is 7.11 Å². The van der Waals surface area contributed by atoms with E-state index in [-0.39, 0.29) is 22.9 Å². The van der Waals surface area contributed by atoms with Gasteiger partial charge in [-0.1, -0.05) is 26.0 Å². The van der Waals surface area contributed by atoms with Gasteiger partial charge in [0.25, 0.3) is 5.91 Å². The minimum Gasteiger partial charge on any atom is -0.497 e. The Labute approximate surface area is 147 Å². The van der Waals surface area contributed by atoms with E-state index in [1.165, 1.54) is 0 Å². The highest BCUT2D eigenvalue weighted by Crippen LogP contribution is 2.38. The van der Waals surface area contributed by atoms with E-state index in [1.807, 2.05) is 38.1 Å². The van der Waals surface area contributed by atoms with Crippen molar-refractivity contribution in [1.82, 2.24) is 5.32 Å². The van der Waals surface area contributed by atoms with Gasteiger partial charge in [-0.05, 0) is 30.0 Å². The Balaban J connectivity index is 1.75. The molecule has 1 amide bonds. The molecule has 1 aliphatic carbocycles. The Morgan fingerprint density at radius 1 is 1.24 bits per heavy atom. The Kier molecular flexibility index (Phi) is 4.41. The third-order valence-corrected chi connectivity index (χ3v) is 4.60. The summed E-state index contributed by atoms with van der Waals surface area (Å²) >= 11 is 0. The Morgan fingerprint density at radius 3 is 2.56 bits per heavy atom. The monoisotopic (exact) mass is 341 g/mol. The molecule has 1 aliphatic rings. The van der Waals surface area contributed by atoms with Gasteiger partial charge in [-0.15, -0.1) is 0 Å². The molecule has 1 heterocycles. The van der Waals surface area contributed by atoms with Crippen LogP contribution in [0.3, 0.4) is 0 Å². The third-order valence-electron chi connectivity index (χ3n) is 4.60. The molecule has 0 radical (unpaired) electrons. The van der Waals surface area contributed by atoms with E-state index in [1.54, 1.807) is 14.0 Å². The number of ketones is 1. The SMILES string of the molecule is COc1ccc(CNC(=O)c2oc3c(c2C)C(=O)CC(C)(C)C3)cc1. The summed E-state index contributed by atoms with van der Waals surface area (Å²) in [6.07, 6.45) is 1.15. The van der Waals surface area contributed by atoms with Crippen molar-refractivity contribution < 1.29 is 18.7 Å². The molecule has 0 atom stereocenters. The Hall–Kier alpha value is -2.56. The zero-order valence-corrected chi connectivity index (χ0v) is 15.1. The third kappa shape index (κ3) is 3.45. The highest BCUT2D eigenvalue weighted by molar-refractivity contribution is 6.03. The summed E-state index contributed by atoms with van der Waals surface area (Å²) in [4.78, 5) is 24.9. The molecule has 0 fully saturated rings. The number of carbonyl (C=O) groups excluding carboxylic acids is 2. The van der Waals surface area contributed by atoms with Crippen molar-refractivity contribution in [2.45, 2.75) is 40.2 Å². The topological polar surface area (TPSA) is 68.5 Å². The molecule has 3 rings (SSSR count). The van der Waals surface area contributed by atoms with Crippen LogP contribution < -0.4 is 10.1 Å². The van der Waals surface area contributed by atoms with Gasteiger partial charge in [0.05, 0.1) is 12.7 Å². The summed E-state index contributed by atoms with van der Waals surface area (Å²) in [6.45, 7) is 6.23. The Bertz CT molecular complexity index is 815. The van der Waals surface area contributed by atoms with Crippen molar-refractivity contribution in [2.24, 2.45) is 5.41 Å². The van der Waals surface area contributed by atoms with Crippen LogP contribution in [-0.2, 0) is 13.0 Å².